The van der Waals surface area contributed by atoms with Crippen LogP contribution in [0.5, 0.6) is 0 Å². The van der Waals surface area contributed by atoms with E-state index in [9.17, 15) is 14.4 Å². The molecule has 2 aromatic rings. The average molecular weight is 381 g/mol. The minimum Gasteiger partial charge on any atom is -0.481 e. The summed E-state index contributed by atoms with van der Waals surface area (Å²) in [4.78, 5) is 35.4. The number of rotatable bonds is 5. The highest BCUT2D eigenvalue weighted by Gasteiger charge is 2.29. The molecule has 1 saturated carbocycles. The normalized spacial score (nSPS) is 18.7. The Kier molecular flexibility index (Phi) is 6.26. The lowest BCUT2D eigenvalue weighted by Crippen LogP contribution is -2.29. The van der Waals surface area contributed by atoms with E-state index in [1.54, 1.807) is 36.4 Å². The van der Waals surface area contributed by atoms with Crippen molar-refractivity contribution in [2.24, 2.45) is 11.8 Å². The van der Waals surface area contributed by atoms with Gasteiger partial charge in [0.2, 0.25) is 5.91 Å². The molecular formula is C21H23N3O4. The number of aliphatic carboxylic acids is 1. The van der Waals surface area contributed by atoms with E-state index >= 15 is 0 Å². The Hall–Kier alpha value is -3.35. The zero-order valence-electron chi connectivity index (χ0n) is 15.4. The molecule has 2 aromatic carbocycles. The number of carboxylic acid groups (broad SMARTS) is 1. The second-order valence-electron chi connectivity index (χ2n) is 6.90. The molecule has 0 radical (unpaired) electrons. The molecule has 7 nitrogen and oxygen atoms in total. The minimum atomic E-state index is -0.779. The summed E-state index contributed by atoms with van der Waals surface area (Å²) in [5.74, 6) is -1.37. The summed E-state index contributed by atoms with van der Waals surface area (Å²) in [7, 11) is 0. The number of hydrogen-bond donors (Lipinski definition) is 4. The van der Waals surface area contributed by atoms with E-state index < -0.39 is 5.97 Å². The van der Waals surface area contributed by atoms with Crippen LogP contribution >= 0.6 is 0 Å². The molecule has 4 N–H and O–H groups in total. The van der Waals surface area contributed by atoms with Crippen molar-refractivity contribution >= 4 is 35.0 Å². The summed E-state index contributed by atoms with van der Waals surface area (Å²) in [5, 5.41) is 17.4. The maximum Gasteiger partial charge on any atom is 0.323 e. The van der Waals surface area contributed by atoms with Gasteiger partial charge in [-0.3, -0.25) is 9.59 Å². The second kappa shape index (κ2) is 9.03. The molecule has 7 heteroatoms. The predicted molar refractivity (Wildman–Crippen MR) is 107 cm³/mol. The van der Waals surface area contributed by atoms with Crippen molar-refractivity contribution in [2.45, 2.75) is 25.7 Å². The molecule has 0 aromatic heterocycles. The molecular weight excluding hydrogens is 358 g/mol. The summed E-state index contributed by atoms with van der Waals surface area (Å²) in [6, 6.07) is 15.6. The van der Waals surface area contributed by atoms with Crippen molar-refractivity contribution in [1.82, 2.24) is 0 Å². The van der Waals surface area contributed by atoms with Crippen molar-refractivity contribution in [3.05, 3.63) is 54.6 Å². The molecule has 0 saturated heterocycles. The van der Waals surface area contributed by atoms with Gasteiger partial charge in [-0.05, 0) is 62.1 Å². The lowest BCUT2D eigenvalue weighted by atomic mass is 9.81. The Morgan fingerprint density at radius 1 is 0.679 bits per heavy atom. The van der Waals surface area contributed by atoms with Gasteiger partial charge in [-0.15, -0.1) is 0 Å². The Morgan fingerprint density at radius 3 is 1.68 bits per heavy atom. The predicted octanol–water partition coefficient (Wildman–Crippen LogP) is 4.16. The molecule has 0 heterocycles. The fraction of sp³-hybridized carbons (Fsp3) is 0.286. The lowest BCUT2D eigenvalue weighted by molar-refractivity contribution is -0.143. The van der Waals surface area contributed by atoms with E-state index in [1.807, 2.05) is 18.2 Å². The van der Waals surface area contributed by atoms with Crippen molar-refractivity contribution in [3.63, 3.8) is 0 Å². The van der Waals surface area contributed by atoms with Crippen LogP contribution in [0.3, 0.4) is 0 Å². The van der Waals surface area contributed by atoms with Crippen LogP contribution in [-0.4, -0.2) is 23.0 Å². The summed E-state index contributed by atoms with van der Waals surface area (Å²) in [5.41, 5.74) is 1.94. The molecule has 0 atom stereocenters. The topological polar surface area (TPSA) is 108 Å². The number of anilines is 3. The summed E-state index contributed by atoms with van der Waals surface area (Å²) < 4.78 is 0. The van der Waals surface area contributed by atoms with Gasteiger partial charge in [0, 0.05) is 23.0 Å². The van der Waals surface area contributed by atoms with Gasteiger partial charge in [0.15, 0.2) is 0 Å². The first-order valence-electron chi connectivity index (χ1n) is 9.28. The minimum absolute atomic E-state index is 0.0913. The number of para-hydroxylation sites is 1. The smallest absolute Gasteiger partial charge is 0.323 e. The van der Waals surface area contributed by atoms with Gasteiger partial charge in [0.1, 0.15) is 0 Å². The number of urea groups is 1. The molecule has 28 heavy (non-hydrogen) atoms. The van der Waals surface area contributed by atoms with Gasteiger partial charge in [-0.1, -0.05) is 18.2 Å². The van der Waals surface area contributed by atoms with Crippen molar-refractivity contribution in [1.29, 1.82) is 0 Å². The quantitative estimate of drug-likeness (QED) is 0.624. The van der Waals surface area contributed by atoms with Crippen LogP contribution in [0.15, 0.2) is 54.6 Å². The molecule has 146 valence electrons. The maximum absolute atomic E-state index is 12.4. The number of hydrogen-bond acceptors (Lipinski definition) is 3. The number of amides is 3. The Bertz CT molecular complexity index is 828. The maximum atomic E-state index is 12.4. The number of benzene rings is 2. The fourth-order valence-corrected chi connectivity index (χ4v) is 3.30. The Balaban J connectivity index is 1.48. The third-order valence-electron chi connectivity index (χ3n) is 4.89. The first kappa shape index (κ1) is 19.4. The van der Waals surface area contributed by atoms with Crippen LogP contribution in [0.2, 0.25) is 0 Å². The first-order valence-corrected chi connectivity index (χ1v) is 9.28. The van der Waals surface area contributed by atoms with Crippen LogP contribution in [0.25, 0.3) is 0 Å². The van der Waals surface area contributed by atoms with E-state index in [-0.39, 0.29) is 23.8 Å². The van der Waals surface area contributed by atoms with Crippen LogP contribution < -0.4 is 16.0 Å². The van der Waals surface area contributed by atoms with Crippen LogP contribution in [0, 0.1) is 11.8 Å². The van der Waals surface area contributed by atoms with Gasteiger partial charge in [0.05, 0.1) is 5.92 Å². The van der Waals surface area contributed by atoms with Crippen LogP contribution in [0.4, 0.5) is 21.9 Å². The number of carboxylic acids is 1. The van der Waals surface area contributed by atoms with Gasteiger partial charge >= 0.3 is 12.0 Å². The standard InChI is InChI=1S/C21H23N3O4/c25-19(14-6-8-15(9-7-14)20(26)27)22-17-10-12-18(13-11-17)24-21(28)23-16-4-2-1-3-5-16/h1-5,10-15H,6-9H2,(H,22,25)(H,26,27)(H2,23,24,28). The second-order valence-corrected chi connectivity index (χ2v) is 6.90. The zero-order valence-corrected chi connectivity index (χ0v) is 15.4. The number of nitrogens with one attached hydrogen (secondary N) is 3. The third kappa shape index (κ3) is 5.33. The molecule has 1 aliphatic carbocycles. The monoisotopic (exact) mass is 381 g/mol. The summed E-state index contributed by atoms with van der Waals surface area (Å²) in [6.07, 6.45) is 2.24. The number of carbonyl (C=O) groups is 3. The lowest BCUT2D eigenvalue weighted by Gasteiger charge is -2.25. The zero-order chi connectivity index (χ0) is 19.9. The van der Waals surface area contributed by atoms with E-state index in [2.05, 4.69) is 16.0 Å². The Morgan fingerprint density at radius 2 is 1.14 bits per heavy atom. The fourth-order valence-electron chi connectivity index (χ4n) is 3.30. The van der Waals surface area contributed by atoms with Crippen molar-refractivity contribution < 1.29 is 19.5 Å². The van der Waals surface area contributed by atoms with Gasteiger partial charge < -0.3 is 21.1 Å². The highest BCUT2D eigenvalue weighted by molar-refractivity contribution is 6.00. The molecule has 0 unspecified atom stereocenters. The summed E-state index contributed by atoms with van der Waals surface area (Å²) >= 11 is 0. The van der Waals surface area contributed by atoms with E-state index in [0.29, 0.717) is 42.7 Å². The van der Waals surface area contributed by atoms with Gasteiger partial charge in [0.25, 0.3) is 0 Å². The van der Waals surface area contributed by atoms with Gasteiger partial charge in [-0.2, -0.15) is 0 Å². The van der Waals surface area contributed by atoms with E-state index in [1.165, 1.54) is 0 Å². The highest BCUT2D eigenvalue weighted by atomic mass is 16.4. The molecule has 1 fully saturated rings. The molecule has 3 amide bonds. The summed E-state index contributed by atoms with van der Waals surface area (Å²) in [6.45, 7) is 0. The number of carbonyl (C=O) groups excluding carboxylic acids is 2. The van der Waals surface area contributed by atoms with Gasteiger partial charge in [-0.25, -0.2) is 4.79 Å². The molecule has 3 rings (SSSR count). The molecule has 0 aliphatic heterocycles. The molecule has 1 aliphatic rings. The van der Waals surface area contributed by atoms with Crippen LogP contribution in [0.1, 0.15) is 25.7 Å². The Labute approximate surface area is 163 Å². The largest absolute Gasteiger partial charge is 0.481 e. The van der Waals surface area contributed by atoms with E-state index in [0.717, 1.165) is 0 Å². The molecule has 0 bridgehead atoms. The van der Waals surface area contributed by atoms with E-state index in [4.69, 9.17) is 5.11 Å². The highest BCUT2D eigenvalue weighted by Crippen LogP contribution is 2.30. The third-order valence-corrected chi connectivity index (χ3v) is 4.89. The van der Waals surface area contributed by atoms with Crippen molar-refractivity contribution in [2.75, 3.05) is 16.0 Å². The van der Waals surface area contributed by atoms with Crippen molar-refractivity contribution in [3.8, 4) is 0 Å². The molecule has 0 spiro atoms. The van der Waals surface area contributed by atoms with Crippen LogP contribution in [-0.2, 0) is 9.59 Å². The average Bonchev–Trinajstić information content (AvgIpc) is 2.70. The first-order chi connectivity index (χ1) is 13.5. The SMILES string of the molecule is O=C(Nc1ccccc1)Nc1ccc(NC(=O)C2CCC(C(=O)O)CC2)cc1.